The van der Waals surface area contributed by atoms with E-state index in [0.717, 1.165) is 19.6 Å². The van der Waals surface area contributed by atoms with Gasteiger partial charge >= 0.3 is 0 Å². The van der Waals surface area contributed by atoms with E-state index in [9.17, 15) is 4.79 Å². The van der Waals surface area contributed by atoms with E-state index in [4.69, 9.17) is 0 Å². The van der Waals surface area contributed by atoms with Crippen LogP contribution in [0.4, 0.5) is 0 Å². The van der Waals surface area contributed by atoms with E-state index >= 15 is 0 Å². The summed E-state index contributed by atoms with van der Waals surface area (Å²) in [6, 6.07) is 2.10. The molecule has 4 nitrogen and oxygen atoms in total. The quantitative estimate of drug-likeness (QED) is 0.739. The fourth-order valence-electron chi connectivity index (χ4n) is 1.76. The third kappa shape index (κ3) is 5.87. The van der Waals surface area contributed by atoms with Gasteiger partial charge in [0.15, 0.2) is 0 Å². The van der Waals surface area contributed by atoms with Gasteiger partial charge in [0, 0.05) is 38.4 Å². The fourth-order valence-corrected chi connectivity index (χ4v) is 1.76. The third-order valence-corrected chi connectivity index (χ3v) is 2.66. The van der Waals surface area contributed by atoms with Gasteiger partial charge in [0.2, 0.25) is 5.91 Å². The first-order chi connectivity index (χ1) is 8.61. The van der Waals surface area contributed by atoms with E-state index in [0.29, 0.717) is 18.9 Å². The largest absolute Gasteiger partial charge is 0.356 e. The van der Waals surface area contributed by atoms with Gasteiger partial charge in [0.05, 0.1) is 0 Å². The lowest BCUT2D eigenvalue weighted by molar-refractivity contribution is -0.121. The highest BCUT2D eigenvalue weighted by Crippen LogP contribution is 2.02. The van der Waals surface area contributed by atoms with Crippen LogP contribution < -0.4 is 10.6 Å². The summed E-state index contributed by atoms with van der Waals surface area (Å²) in [6.07, 6.45) is 4.68. The van der Waals surface area contributed by atoms with Crippen molar-refractivity contribution in [2.24, 2.45) is 5.92 Å². The van der Waals surface area contributed by atoms with E-state index in [1.807, 2.05) is 13.1 Å². The van der Waals surface area contributed by atoms with E-state index in [1.165, 1.54) is 5.56 Å². The van der Waals surface area contributed by atoms with Gasteiger partial charge in [-0.15, -0.1) is 0 Å². The number of carbonyl (C=O) groups excluding carboxylic acids is 1. The average molecular weight is 251 g/mol. The number of hydrogen-bond acceptors (Lipinski definition) is 2. The van der Waals surface area contributed by atoms with E-state index < -0.39 is 0 Å². The van der Waals surface area contributed by atoms with Gasteiger partial charge in [-0.3, -0.25) is 4.79 Å². The predicted molar refractivity (Wildman–Crippen MR) is 74.3 cm³/mol. The van der Waals surface area contributed by atoms with Gasteiger partial charge in [-0.1, -0.05) is 13.8 Å². The SMILES string of the molecule is CCNC(=O)CCn1ccc(CNCC(C)C)c1. The van der Waals surface area contributed by atoms with Gasteiger partial charge in [-0.05, 0) is 31.0 Å². The molecule has 0 aliphatic rings. The van der Waals surface area contributed by atoms with Crippen LogP contribution in [0.15, 0.2) is 18.5 Å². The van der Waals surface area contributed by atoms with Crippen molar-refractivity contribution in [3.63, 3.8) is 0 Å². The Morgan fingerprint density at radius 2 is 2.22 bits per heavy atom. The van der Waals surface area contributed by atoms with Crippen molar-refractivity contribution < 1.29 is 4.79 Å². The average Bonchev–Trinajstić information content (AvgIpc) is 2.74. The second-order valence-electron chi connectivity index (χ2n) is 4.99. The zero-order valence-corrected chi connectivity index (χ0v) is 11.7. The van der Waals surface area contributed by atoms with Crippen LogP contribution in [-0.4, -0.2) is 23.6 Å². The maximum Gasteiger partial charge on any atom is 0.221 e. The van der Waals surface area contributed by atoms with Crippen LogP contribution in [0.25, 0.3) is 0 Å². The first-order valence-corrected chi connectivity index (χ1v) is 6.74. The van der Waals surface area contributed by atoms with Crippen molar-refractivity contribution in [1.29, 1.82) is 0 Å². The lowest BCUT2D eigenvalue weighted by atomic mass is 10.2. The number of carbonyl (C=O) groups is 1. The fraction of sp³-hybridized carbons (Fsp3) is 0.643. The molecule has 4 heteroatoms. The minimum Gasteiger partial charge on any atom is -0.356 e. The summed E-state index contributed by atoms with van der Waals surface area (Å²) in [5, 5.41) is 6.21. The summed E-state index contributed by atoms with van der Waals surface area (Å²) in [5.74, 6) is 0.788. The molecule has 0 bridgehead atoms. The number of nitrogens with one attached hydrogen (secondary N) is 2. The molecule has 0 aliphatic heterocycles. The standard InChI is InChI=1S/C14H25N3O/c1-4-16-14(18)6-8-17-7-5-13(11-17)10-15-9-12(2)3/h5,7,11-12,15H,4,6,8-10H2,1-3H3,(H,16,18). The summed E-state index contributed by atoms with van der Waals surface area (Å²) in [5.41, 5.74) is 1.27. The summed E-state index contributed by atoms with van der Waals surface area (Å²) >= 11 is 0. The van der Waals surface area contributed by atoms with Crippen LogP contribution in [0.3, 0.4) is 0 Å². The number of hydrogen-bond donors (Lipinski definition) is 2. The molecule has 1 aromatic heterocycles. The molecule has 0 aromatic carbocycles. The Hall–Kier alpha value is -1.29. The minimum atomic E-state index is 0.116. The Morgan fingerprint density at radius 1 is 1.44 bits per heavy atom. The van der Waals surface area contributed by atoms with Crippen LogP contribution in [0, 0.1) is 5.92 Å². The molecule has 0 aliphatic carbocycles. The molecule has 1 aromatic rings. The predicted octanol–water partition coefficient (Wildman–Crippen LogP) is 1.76. The van der Waals surface area contributed by atoms with E-state index in [-0.39, 0.29) is 5.91 Å². The van der Waals surface area contributed by atoms with Crippen LogP contribution in [0.1, 0.15) is 32.8 Å². The second-order valence-corrected chi connectivity index (χ2v) is 4.99. The zero-order valence-electron chi connectivity index (χ0n) is 11.7. The monoisotopic (exact) mass is 251 g/mol. The summed E-state index contributed by atoms with van der Waals surface area (Å²) in [6.45, 7) is 9.71. The highest BCUT2D eigenvalue weighted by molar-refractivity contribution is 5.75. The first kappa shape index (κ1) is 14.8. The molecule has 1 amide bonds. The molecule has 0 radical (unpaired) electrons. The second kappa shape index (κ2) is 7.93. The Bertz CT molecular complexity index is 358. The molecule has 1 heterocycles. The molecular formula is C14H25N3O. The Morgan fingerprint density at radius 3 is 2.89 bits per heavy atom. The van der Waals surface area contributed by atoms with Crippen molar-refractivity contribution in [1.82, 2.24) is 15.2 Å². The highest BCUT2D eigenvalue weighted by Gasteiger charge is 2.01. The van der Waals surface area contributed by atoms with Crippen molar-refractivity contribution in [3.05, 3.63) is 24.0 Å². The molecule has 1 rings (SSSR count). The topological polar surface area (TPSA) is 46.1 Å². The summed E-state index contributed by atoms with van der Waals surface area (Å²) < 4.78 is 2.07. The van der Waals surface area contributed by atoms with Gasteiger partial charge in [0.1, 0.15) is 0 Å². The van der Waals surface area contributed by atoms with Crippen molar-refractivity contribution in [2.75, 3.05) is 13.1 Å². The van der Waals surface area contributed by atoms with E-state index in [1.54, 1.807) is 0 Å². The van der Waals surface area contributed by atoms with Crippen molar-refractivity contribution in [2.45, 2.75) is 40.3 Å². The van der Waals surface area contributed by atoms with Crippen molar-refractivity contribution in [3.8, 4) is 0 Å². The summed E-state index contributed by atoms with van der Waals surface area (Å²) in [7, 11) is 0. The third-order valence-electron chi connectivity index (χ3n) is 2.66. The Labute approximate surface area is 110 Å². The molecule has 18 heavy (non-hydrogen) atoms. The number of aromatic nitrogens is 1. The maximum absolute atomic E-state index is 11.3. The molecule has 0 saturated heterocycles. The molecule has 0 saturated carbocycles. The summed E-state index contributed by atoms with van der Waals surface area (Å²) in [4.78, 5) is 11.3. The molecular weight excluding hydrogens is 226 g/mol. The molecule has 0 spiro atoms. The van der Waals surface area contributed by atoms with E-state index in [2.05, 4.69) is 41.3 Å². The highest BCUT2D eigenvalue weighted by atomic mass is 16.1. The molecule has 102 valence electrons. The minimum absolute atomic E-state index is 0.116. The molecule has 0 fully saturated rings. The van der Waals surface area contributed by atoms with Gasteiger partial charge in [0.25, 0.3) is 0 Å². The van der Waals surface area contributed by atoms with Crippen LogP contribution in [0.2, 0.25) is 0 Å². The molecule has 0 unspecified atom stereocenters. The molecule has 2 N–H and O–H groups in total. The number of aryl methyl sites for hydroxylation is 1. The normalized spacial score (nSPS) is 10.9. The number of nitrogens with zero attached hydrogens (tertiary/aromatic N) is 1. The first-order valence-electron chi connectivity index (χ1n) is 6.74. The molecule has 0 atom stereocenters. The number of amides is 1. The lowest BCUT2D eigenvalue weighted by Gasteiger charge is -2.06. The smallest absolute Gasteiger partial charge is 0.221 e. The number of rotatable bonds is 8. The van der Waals surface area contributed by atoms with Crippen LogP contribution in [-0.2, 0) is 17.9 Å². The van der Waals surface area contributed by atoms with Crippen molar-refractivity contribution >= 4 is 5.91 Å². The van der Waals surface area contributed by atoms with Gasteiger partial charge in [-0.2, -0.15) is 0 Å². The zero-order chi connectivity index (χ0) is 13.4. The maximum atomic E-state index is 11.3. The Kier molecular flexibility index (Phi) is 6.50. The van der Waals surface area contributed by atoms with Gasteiger partial charge < -0.3 is 15.2 Å². The van der Waals surface area contributed by atoms with Gasteiger partial charge in [-0.25, -0.2) is 0 Å². The Balaban J connectivity index is 2.27. The van der Waals surface area contributed by atoms with Crippen LogP contribution >= 0.6 is 0 Å². The lowest BCUT2D eigenvalue weighted by Crippen LogP contribution is -2.23. The van der Waals surface area contributed by atoms with Crippen LogP contribution in [0.5, 0.6) is 0 Å².